The van der Waals surface area contributed by atoms with Crippen molar-refractivity contribution >= 4 is 16.4 Å². The van der Waals surface area contributed by atoms with Crippen molar-refractivity contribution in [3.05, 3.63) is 47.9 Å². The lowest BCUT2D eigenvalue weighted by atomic mass is 10.1. The van der Waals surface area contributed by atoms with E-state index in [1.807, 2.05) is 6.20 Å². The lowest BCUT2D eigenvalue weighted by Crippen LogP contribution is -2.04. The first-order chi connectivity index (χ1) is 8.31. The van der Waals surface area contributed by atoms with Crippen molar-refractivity contribution < 1.29 is 0 Å². The summed E-state index contributed by atoms with van der Waals surface area (Å²) >= 11 is 0. The topological polar surface area (TPSA) is 43.3 Å². The van der Waals surface area contributed by atoms with Gasteiger partial charge in [0.1, 0.15) is 5.65 Å². The summed E-state index contributed by atoms with van der Waals surface area (Å²) < 4.78 is 2.14. The molecule has 3 heteroatoms. The Labute approximate surface area is 99.9 Å². The van der Waals surface area contributed by atoms with Crippen LogP contribution in [0.25, 0.3) is 16.4 Å². The van der Waals surface area contributed by atoms with Crippen LogP contribution < -0.4 is 5.73 Å². The van der Waals surface area contributed by atoms with Gasteiger partial charge in [-0.05, 0) is 30.5 Å². The fourth-order valence-electron chi connectivity index (χ4n) is 2.37. The Kier molecular flexibility index (Phi) is 2.34. The molecular weight excluding hydrogens is 210 g/mol. The Bertz CT molecular complexity index is 682. The number of nitrogens with zero attached hydrogens (tertiary/aromatic N) is 2. The second-order valence-electron chi connectivity index (χ2n) is 4.34. The molecule has 0 saturated heterocycles. The highest BCUT2D eigenvalue weighted by Crippen LogP contribution is 2.23. The Morgan fingerprint density at radius 3 is 3.00 bits per heavy atom. The van der Waals surface area contributed by atoms with Gasteiger partial charge >= 0.3 is 0 Å². The van der Waals surface area contributed by atoms with Crippen molar-refractivity contribution in [2.24, 2.45) is 5.73 Å². The van der Waals surface area contributed by atoms with Crippen LogP contribution in [0.3, 0.4) is 0 Å². The maximum atomic E-state index is 5.61. The van der Waals surface area contributed by atoms with Crippen LogP contribution in [0.4, 0.5) is 0 Å². The Hall–Kier alpha value is -1.87. The maximum Gasteiger partial charge on any atom is 0.145 e. The van der Waals surface area contributed by atoms with E-state index in [1.165, 1.54) is 22.0 Å². The number of aryl methyl sites for hydroxylation is 1. The number of nitrogens with two attached hydrogens (primary N) is 1. The molecule has 0 spiro atoms. The van der Waals surface area contributed by atoms with E-state index >= 15 is 0 Å². The number of fused-ring (bicyclic) bond motifs is 3. The number of pyridine rings is 1. The summed E-state index contributed by atoms with van der Waals surface area (Å²) in [5.41, 5.74) is 9.08. The monoisotopic (exact) mass is 225 g/mol. The first kappa shape index (κ1) is 10.3. The van der Waals surface area contributed by atoms with Crippen molar-refractivity contribution in [2.45, 2.75) is 13.3 Å². The Morgan fingerprint density at radius 2 is 2.18 bits per heavy atom. The first-order valence-electron chi connectivity index (χ1n) is 5.85. The largest absolute Gasteiger partial charge is 0.330 e. The lowest BCUT2D eigenvalue weighted by Gasteiger charge is -2.05. The van der Waals surface area contributed by atoms with Crippen LogP contribution in [0, 0.1) is 6.92 Å². The summed E-state index contributed by atoms with van der Waals surface area (Å²) in [4.78, 5) is 4.53. The third-order valence-electron chi connectivity index (χ3n) is 3.21. The standard InChI is InChI=1S/C14H15N3/c1-10-3-2-4-11-6-8-17-12(5-7-15)9-16-14(17)13(10)11/h2-4,6,8-9H,5,7,15H2,1H3. The van der Waals surface area contributed by atoms with Crippen LogP contribution >= 0.6 is 0 Å². The number of hydrogen-bond donors (Lipinski definition) is 1. The summed E-state index contributed by atoms with van der Waals surface area (Å²) in [5.74, 6) is 0. The normalized spacial score (nSPS) is 11.4. The molecule has 17 heavy (non-hydrogen) atoms. The van der Waals surface area contributed by atoms with E-state index in [1.54, 1.807) is 0 Å². The fourth-order valence-corrected chi connectivity index (χ4v) is 2.37. The van der Waals surface area contributed by atoms with E-state index in [0.717, 1.165) is 12.1 Å². The zero-order valence-corrected chi connectivity index (χ0v) is 9.85. The number of hydrogen-bond acceptors (Lipinski definition) is 2. The van der Waals surface area contributed by atoms with E-state index < -0.39 is 0 Å². The van der Waals surface area contributed by atoms with E-state index in [-0.39, 0.29) is 0 Å². The van der Waals surface area contributed by atoms with Crippen molar-refractivity contribution in [2.75, 3.05) is 6.54 Å². The second-order valence-corrected chi connectivity index (χ2v) is 4.34. The first-order valence-corrected chi connectivity index (χ1v) is 5.85. The van der Waals surface area contributed by atoms with Gasteiger partial charge in [0, 0.05) is 29.9 Å². The molecule has 2 heterocycles. The molecule has 3 rings (SSSR count). The molecule has 0 unspecified atom stereocenters. The van der Waals surface area contributed by atoms with Gasteiger partial charge in [-0.15, -0.1) is 0 Å². The molecule has 0 aliphatic rings. The molecular formula is C14H15N3. The minimum Gasteiger partial charge on any atom is -0.330 e. The predicted molar refractivity (Wildman–Crippen MR) is 70.2 cm³/mol. The van der Waals surface area contributed by atoms with E-state index in [2.05, 4.69) is 46.8 Å². The molecule has 2 N–H and O–H groups in total. The molecule has 1 aromatic carbocycles. The summed E-state index contributed by atoms with van der Waals surface area (Å²) in [5, 5.41) is 2.47. The predicted octanol–water partition coefficient (Wildman–Crippen LogP) is 2.30. The summed E-state index contributed by atoms with van der Waals surface area (Å²) in [6.45, 7) is 2.78. The van der Waals surface area contributed by atoms with Crippen LogP contribution in [0.5, 0.6) is 0 Å². The van der Waals surface area contributed by atoms with Crippen LogP contribution in [0.2, 0.25) is 0 Å². The van der Waals surface area contributed by atoms with Gasteiger partial charge in [0.05, 0.1) is 0 Å². The molecule has 3 nitrogen and oxygen atoms in total. The van der Waals surface area contributed by atoms with Crippen molar-refractivity contribution in [1.82, 2.24) is 9.38 Å². The second kappa shape index (κ2) is 3.86. The molecule has 0 atom stereocenters. The van der Waals surface area contributed by atoms with Gasteiger partial charge in [0.2, 0.25) is 0 Å². The van der Waals surface area contributed by atoms with Crippen LogP contribution in [0.1, 0.15) is 11.3 Å². The summed E-state index contributed by atoms with van der Waals surface area (Å²) in [6, 6.07) is 8.47. The maximum absolute atomic E-state index is 5.61. The Balaban J connectivity index is 2.40. The van der Waals surface area contributed by atoms with Gasteiger partial charge in [0.15, 0.2) is 0 Å². The van der Waals surface area contributed by atoms with Crippen LogP contribution in [0.15, 0.2) is 36.7 Å². The Morgan fingerprint density at radius 1 is 1.29 bits per heavy atom. The highest BCUT2D eigenvalue weighted by atomic mass is 15.0. The SMILES string of the molecule is Cc1cccc2ccn3c(CCN)cnc3c12. The molecule has 0 aliphatic heterocycles. The quantitative estimate of drug-likeness (QED) is 0.727. The fraction of sp³-hybridized carbons (Fsp3) is 0.214. The van der Waals surface area contributed by atoms with E-state index in [9.17, 15) is 0 Å². The van der Waals surface area contributed by atoms with Gasteiger partial charge in [-0.25, -0.2) is 4.98 Å². The lowest BCUT2D eigenvalue weighted by molar-refractivity contribution is 0.906. The molecule has 2 aromatic heterocycles. The smallest absolute Gasteiger partial charge is 0.145 e. The summed E-state index contributed by atoms with van der Waals surface area (Å²) in [6.07, 6.45) is 4.86. The number of rotatable bonds is 2. The van der Waals surface area contributed by atoms with Crippen LogP contribution in [-0.4, -0.2) is 15.9 Å². The van der Waals surface area contributed by atoms with E-state index in [4.69, 9.17) is 5.73 Å². The average molecular weight is 225 g/mol. The minimum atomic E-state index is 0.652. The highest BCUT2D eigenvalue weighted by Gasteiger charge is 2.07. The molecule has 3 aromatic rings. The highest BCUT2D eigenvalue weighted by molar-refractivity contribution is 5.96. The van der Waals surface area contributed by atoms with Gasteiger partial charge in [-0.2, -0.15) is 0 Å². The molecule has 0 bridgehead atoms. The van der Waals surface area contributed by atoms with Crippen LogP contribution in [-0.2, 0) is 6.42 Å². The zero-order chi connectivity index (χ0) is 11.8. The van der Waals surface area contributed by atoms with Gasteiger partial charge in [0.25, 0.3) is 0 Å². The van der Waals surface area contributed by atoms with Crippen molar-refractivity contribution in [3.8, 4) is 0 Å². The van der Waals surface area contributed by atoms with Gasteiger partial charge < -0.3 is 10.1 Å². The zero-order valence-electron chi connectivity index (χ0n) is 9.85. The number of aromatic nitrogens is 2. The minimum absolute atomic E-state index is 0.652. The summed E-state index contributed by atoms with van der Waals surface area (Å²) in [7, 11) is 0. The van der Waals surface area contributed by atoms with Gasteiger partial charge in [-0.1, -0.05) is 18.2 Å². The van der Waals surface area contributed by atoms with E-state index in [0.29, 0.717) is 6.54 Å². The number of imidazole rings is 1. The molecule has 0 aliphatic carbocycles. The number of benzene rings is 1. The third-order valence-corrected chi connectivity index (χ3v) is 3.21. The molecule has 86 valence electrons. The molecule has 0 fully saturated rings. The van der Waals surface area contributed by atoms with Crippen molar-refractivity contribution in [1.29, 1.82) is 0 Å². The molecule has 0 amide bonds. The average Bonchev–Trinajstić information content (AvgIpc) is 2.73. The molecule has 0 saturated carbocycles. The van der Waals surface area contributed by atoms with Gasteiger partial charge in [-0.3, -0.25) is 0 Å². The molecule has 0 radical (unpaired) electrons. The van der Waals surface area contributed by atoms with Crippen molar-refractivity contribution in [3.63, 3.8) is 0 Å². The third kappa shape index (κ3) is 1.51.